The number of hydrogen-bond acceptors (Lipinski definition) is 4. The molecule has 1 aromatic heterocycles. The zero-order valence-electron chi connectivity index (χ0n) is 13.4. The lowest BCUT2D eigenvalue weighted by atomic mass is 9.93. The molecule has 1 amide bonds. The molecule has 0 aliphatic carbocycles. The summed E-state index contributed by atoms with van der Waals surface area (Å²) in [5.41, 5.74) is 0.310. The fourth-order valence-corrected chi connectivity index (χ4v) is 2.97. The summed E-state index contributed by atoms with van der Waals surface area (Å²) in [6, 6.07) is -0.485. The maximum atomic E-state index is 12.3. The van der Waals surface area contributed by atoms with Gasteiger partial charge >= 0.3 is 5.97 Å². The van der Waals surface area contributed by atoms with Gasteiger partial charge in [0.25, 0.3) is 0 Å². The summed E-state index contributed by atoms with van der Waals surface area (Å²) in [6.45, 7) is 6.85. The van der Waals surface area contributed by atoms with E-state index in [-0.39, 0.29) is 12.3 Å². The van der Waals surface area contributed by atoms with Crippen molar-refractivity contribution in [3.05, 3.63) is 18.0 Å². The Morgan fingerprint density at radius 2 is 2.18 bits per heavy atom. The summed E-state index contributed by atoms with van der Waals surface area (Å²) in [6.07, 6.45) is 3.48. The van der Waals surface area contributed by atoms with Gasteiger partial charge in [0.05, 0.1) is 31.3 Å². The highest BCUT2D eigenvalue weighted by atomic mass is 16.5. The first-order valence-corrected chi connectivity index (χ1v) is 7.32. The van der Waals surface area contributed by atoms with Crippen molar-refractivity contribution in [3.8, 4) is 0 Å². The van der Waals surface area contributed by atoms with Gasteiger partial charge in [-0.2, -0.15) is 5.10 Å². The smallest absolute Gasteiger partial charge is 0.309 e. The average molecular weight is 309 g/mol. The maximum absolute atomic E-state index is 12.3. The molecule has 2 atom stereocenters. The number of hydrogen-bond donors (Lipinski definition) is 1. The Morgan fingerprint density at radius 1 is 1.50 bits per heavy atom. The van der Waals surface area contributed by atoms with Gasteiger partial charge in [0, 0.05) is 30.8 Å². The molecule has 7 heteroatoms. The number of ether oxygens (including phenoxy) is 1. The molecule has 122 valence electrons. The number of rotatable bonds is 5. The highest BCUT2D eigenvalue weighted by molar-refractivity contribution is 5.87. The van der Waals surface area contributed by atoms with E-state index in [0.29, 0.717) is 13.2 Å². The Labute approximate surface area is 129 Å². The number of carboxylic acids is 1. The van der Waals surface area contributed by atoms with Gasteiger partial charge in [0.2, 0.25) is 5.91 Å². The highest BCUT2D eigenvalue weighted by Gasteiger charge is 2.49. The molecular weight excluding hydrogens is 286 g/mol. The van der Waals surface area contributed by atoms with Crippen LogP contribution in [0.25, 0.3) is 0 Å². The lowest BCUT2D eigenvalue weighted by molar-refractivity contribution is -0.142. The van der Waals surface area contributed by atoms with Crippen molar-refractivity contribution < 1.29 is 19.4 Å². The van der Waals surface area contributed by atoms with Crippen molar-refractivity contribution in [1.82, 2.24) is 14.7 Å². The first-order valence-electron chi connectivity index (χ1n) is 7.32. The molecule has 1 fully saturated rings. The van der Waals surface area contributed by atoms with E-state index in [1.165, 1.54) is 0 Å². The van der Waals surface area contributed by atoms with Crippen LogP contribution in [0.2, 0.25) is 0 Å². The molecule has 0 bridgehead atoms. The van der Waals surface area contributed by atoms with E-state index < -0.39 is 23.5 Å². The first kappa shape index (κ1) is 16.5. The molecule has 1 aliphatic rings. The molecule has 1 aromatic rings. The van der Waals surface area contributed by atoms with Crippen molar-refractivity contribution in [3.63, 3.8) is 0 Å². The van der Waals surface area contributed by atoms with Gasteiger partial charge in [-0.15, -0.1) is 0 Å². The summed E-state index contributed by atoms with van der Waals surface area (Å²) >= 11 is 0. The summed E-state index contributed by atoms with van der Waals surface area (Å²) in [4.78, 5) is 25.5. The van der Waals surface area contributed by atoms with Crippen LogP contribution in [-0.4, -0.2) is 50.9 Å². The first-order chi connectivity index (χ1) is 10.3. The Balaban J connectivity index is 2.35. The highest BCUT2D eigenvalue weighted by Crippen LogP contribution is 2.42. The number of amides is 1. The van der Waals surface area contributed by atoms with Gasteiger partial charge in [-0.05, 0) is 20.8 Å². The number of aliphatic carboxylic acids is 1. The van der Waals surface area contributed by atoms with E-state index in [2.05, 4.69) is 5.10 Å². The molecule has 22 heavy (non-hydrogen) atoms. The molecule has 0 saturated carbocycles. The summed E-state index contributed by atoms with van der Waals surface area (Å²) in [5, 5.41) is 13.7. The Bertz CT molecular complexity index is 561. The lowest BCUT2D eigenvalue weighted by Crippen LogP contribution is -2.44. The van der Waals surface area contributed by atoms with Gasteiger partial charge in [0.1, 0.15) is 0 Å². The molecule has 2 heterocycles. The minimum absolute atomic E-state index is 0.0283. The fraction of sp³-hybridized carbons (Fsp3) is 0.667. The molecule has 1 N–H and O–H groups in total. The minimum atomic E-state index is -0.949. The van der Waals surface area contributed by atoms with Gasteiger partial charge < -0.3 is 14.7 Å². The molecule has 1 aliphatic heterocycles. The summed E-state index contributed by atoms with van der Waals surface area (Å²) in [7, 11) is 1.61. The Hall–Kier alpha value is -1.89. The topological polar surface area (TPSA) is 84.7 Å². The van der Waals surface area contributed by atoms with Gasteiger partial charge in [-0.3, -0.25) is 14.3 Å². The number of aromatic nitrogens is 2. The number of methoxy groups -OCH3 is 1. The van der Waals surface area contributed by atoms with E-state index in [1.807, 2.05) is 20.8 Å². The third kappa shape index (κ3) is 3.14. The number of likely N-dealkylation sites (tertiary alicyclic amines) is 1. The number of carbonyl (C=O) groups excluding carboxylic acids is 1. The predicted molar refractivity (Wildman–Crippen MR) is 79.2 cm³/mol. The van der Waals surface area contributed by atoms with Crippen molar-refractivity contribution in [1.29, 1.82) is 0 Å². The molecule has 0 spiro atoms. The second-order valence-electron chi connectivity index (χ2n) is 6.56. The summed E-state index contributed by atoms with van der Waals surface area (Å²) < 4.78 is 6.72. The molecule has 0 unspecified atom stereocenters. The van der Waals surface area contributed by atoms with Crippen LogP contribution in [0.3, 0.4) is 0 Å². The largest absolute Gasteiger partial charge is 0.481 e. The van der Waals surface area contributed by atoms with Crippen LogP contribution >= 0.6 is 0 Å². The van der Waals surface area contributed by atoms with Gasteiger partial charge in [-0.1, -0.05) is 0 Å². The zero-order valence-corrected chi connectivity index (χ0v) is 13.4. The standard InChI is InChI=1S/C15H23N3O4/c1-15(2,3)18-12(19)7-11(14(20)21)13(18)10-8-16-17(9-10)5-6-22-4/h8-9,11,13H,5-7H2,1-4H3,(H,20,21)/t11-,13+/m0/s1. The monoisotopic (exact) mass is 309 g/mol. The second kappa shape index (κ2) is 6.08. The SMILES string of the molecule is COCCn1cc([C@@H]2[C@@H](C(=O)O)CC(=O)N2C(C)(C)C)cn1. The van der Waals surface area contributed by atoms with Crippen LogP contribution in [0.4, 0.5) is 0 Å². The second-order valence-corrected chi connectivity index (χ2v) is 6.56. The van der Waals surface area contributed by atoms with Crippen LogP contribution < -0.4 is 0 Å². The normalized spacial score (nSPS) is 22.4. The lowest BCUT2D eigenvalue weighted by Gasteiger charge is -2.37. The fourth-order valence-electron chi connectivity index (χ4n) is 2.97. The van der Waals surface area contributed by atoms with Gasteiger partial charge in [0.15, 0.2) is 0 Å². The van der Waals surface area contributed by atoms with E-state index in [0.717, 1.165) is 5.56 Å². The van der Waals surface area contributed by atoms with E-state index in [9.17, 15) is 14.7 Å². The minimum Gasteiger partial charge on any atom is -0.481 e. The van der Waals surface area contributed by atoms with E-state index in [4.69, 9.17) is 4.74 Å². The predicted octanol–water partition coefficient (Wildman–Crippen LogP) is 1.30. The third-order valence-corrected chi connectivity index (χ3v) is 3.88. The molecule has 1 saturated heterocycles. The molecule has 7 nitrogen and oxygen atoms in total. The Morgan fingerprint density at radius 3 is 2.73 bits per heavy atom. The van der Waals surface area contributed by atoms with E-state index >= 15 is 0 Å². The average Bonchev–Trinajstić information content (AvgIpc) is 2.99. The molecular formula is C15H23N3O4. The van der Waals surface area contributed by atoms with Crippen LogP contribution in [0.1, 0.15) is 38.8 Å². The zero-order chi connectivity index (χ0) is 16.5. The molecule has 0 aromatic carbocycles. The van der Waals surface area contributed by atoms with Crippen LogP contribution in [0, 0.1) is 5.92 Å². The van der Waals surface area contributed by atoms with Crippen molar-refractivity contribution in [2.24, 2.45) is 5.92 Å². The van der Waals surface area contributed by atoms with Crippen LogP contribution in [0.15, 0.2) is 12.4 Å². The third-order valence-electron chi connectivity index (χ3n) is 3.88. The molecule has 2 rings (SSSR count). The van der Waals surface area contributed by atoms with E-state index in [1.54, 1.807) is 29.1 Å². The Kier molecular flexibility index (Phi) is 4.55. The summed E-state index contributed by atoms with van der Waals surface area (Å²) in [5.74, 6) is -1.82. The van der Waals surface area contributed by atoms with Crippen molar-refractivity contribution in [2.45, 2.75) is 45.3 Å². The van der Waals surface area contributed by atoms with Crippen molar-refractivity contribution in [2.75, 3.05) is 13.7 Å². The van der Waals surface area contributed by atoms with Gasteiger partial charge in [-0.25, -0.2) is 0 Å². The number of nitrogens with zero attached hydrogens (tertiary/aromatic N) is 3. The quantitative estimate of drug-likeness (QED) is 0.886. The molecule has 0 radical (unpaired) electrons. The van der Waals surface area contributed by atoms with Crippen molar-refractivity contribution >= 4 is 11.9 Å². The maximum Gasteiger partial charge on any atom is 0.309 e. The number of carboxylic acid groups (broad SMARTS) is 1. The van der Waals surface area contributed by atoms with Crippen LogP contribution in [0.5, 0.6) is 0 Å². The van der Waals surface area contributed by atoms with Crippen LogP contribution in [-0.2, 0) is 20.9 Å². The number of carbonyl (C=O) groups is 2.